The van der Waals surface area contributed by atoms with E-state index in [4.69, 9.17) is 21.1 Å². The summed E-state index contributed by atoms with van der Waals surface area (Å²) in [6, 6.07) is 12.1. The van der Waals surface area contributed by atoms with Crippen molar-refractivity contribution in [1.82, 2.24) is 0 Å². The maximum atomic E-state index is 11.9. The molecule has 2 rings (SSSR count). The molecule has 160 valence electrons. The molecule has 0 atom stereocenters. The van der Waals surface area contributed by atoms with Gasteiger partial charge in [-0.15, -0.1) is 0 Å². The summed E-state index contributed by atoms with van der Waals surface area (Å²) in [4.78, 5) is 35.6. The number of carbonyl (C=O) groups is 3. The van der Waals surface area contributed by atoms with Gasteiger partial charge in [-0.1, -0.05) is 17.7 Å². The van der Waals surface area contributed by atoms with Crippen molar-refractivity contribution in [2.24, 2.45) is 0 Å². The molecule has 0 aliphatic heterocycles. The van der Waals surface area contributed by atoms with Crippen LogP contribution in [0.25, 0.3) is 0 Å². The van der Waals surface area contributed by atoms with Gasteiger partial charge in [-0.25, -0.2) is 0 Å². The van der Waals surface area contributed by atoms with Crippen LogP contribution in [0.5, 0.6) is 5.75 Å². The van der Waals surface area contributed by atoms with Crippen LogP contribution in [0.2, 0.25) is 5.02 Å². The molecule has 0 aliphatic carbocycles. The fraction of sp³-hybridized carbons (Fsp3) is 0.318. The number of hydrogen-bond acceptors (Lipinski definition) is 5. The number of amides is 2. The Morgan fingerprint density at radius 3 is 2.27 bits per heavy atom. The van der Waals surface area contributed by atoms with E-state index in [-0.39, 0.29) is 25.4 Å². The van der Waals surface area contributed by atoms with E-state index in [1.807, 2.05) is 19.9 Å². The van der Waals surface area contributed by atoms with Gasteiger partial charge in [0.25, 0.3) is 5.91 Å². The van der Waals surface area contributed by atoms with Crippen molar-refractivity contribution in [3.8, 4) is 5.75 Å². The number of rotatable bonds is 10. The Morgan fingerprint density at radius 2 is 1.60 bits per heavy atom. The summed E-state index contributed by atoms with van der Waals surface area (Å²) in [7, 11) is 0. The molecule has 0 spiro atoms. The average Bonchev–Trinajstić information content (AvgIpc) is 2.71. The molecule has 2 amide bonds. The van der Waals surface area contributed by atoms with Crippen molar-refractivity contribution in [3.05, 3.63) is 53.1 Å². The summed E-state index contributed by atoms with van der Waals surface area (Å²) >= 11 is 6.02. The molecule has 30 heavy (non-hydrogen) atoms. The molecule has 0 fully saturated rings. The van der Waals surface area contributed by atoms with Crippen molar-refractivity contribution in [2.75, 3.05) is 23.8 Å². The van der Waals surface area contributed by atoms with Gasteiger partial charge in [0.15, 0.2) is 6.61 Å². The minimum absolute atomic E-state index is 0.0401. The number of benzene rings is 2. The highest BCUT2D eigenvalue weighted by molar-refractivity contribution is 6.31. The average molecular weight is 433 g/mol. The Bertz CT molecular complexity index is 884. The lowest BCUT2D eigenvalue weighted by atomic mass is 10.2. The standard InChI is InChI=1S/C22H25ClN2O5/c1-3-29-18-11-9-16(10-12-18)24-21(27)14-30-22(28)6-4-5-20(26)25-17-8-7-15(2)19(23)13-17/h7-13H,3-6,14H2,1-2H3,(H,24,27)(H,25,26). The first-order valence-corrected chi connectivity index (χ1v) is 9.99. The van der Waals surface area contributed by atoms with Crippen LogP contribution in [0.15, 0.2) is 42.5 Å². The minimum Gasteiger partial charge on any atom is -0.494 e. The zero-order valence-corrected chi connectivity index (χ0v) is 17.8. The summed E-state index contributed by atoms with van der Waals surface area (Å²) in [5, 5.41) is 5.92. The Hall–Kier alpha value is -3.06. The maximum Gasteiger partial charge on any atom is 0.306 e. The minimum atomic E-state index is -0.539. The van der Waals surface area contributed by atoms with E-state index in [1.165, 1.54) is 0 Å². The third-order valence-corrected chi connectivity index (χ3v) is 4.46. The Balaban J connectivity index is 1.63. The van der Waals surface area contributed by atoms with E-state index in [1.54, 1.807) is 36.4 Å². The quantitative estimate of drug-likeness (QED) is 0.545. The molecule has 0 aromatic heterocycles. The number of hydrogen-bond donors (Lipinski definition) is 2. The van der Waals surface area contributed by atoms with E-state index in [0.29, 0.717) is 35.2 Å². The molecule has 0 saturated heterocycles. The van der Waals surface area contributed by atoms with E-state index in [9.17, 15) is 14.4 Å². The van der Waals surface area contributed by atoms with Crippen LogP contribution >= 0.6 is 11.6 Å². The molecule has 0 radical (unpaired) electrons. The van der Waals surface area contributed by atoms with Crippen LogP contribution in [-0.2, 0) is 19.1 Å². The monoisotopic (exact) mass is 432 g/mol. The third-order valence-electron chi connectivity index (χ3n) is 4.05. The van der Waals surface area contributed by atoms with Gasteiger partial charge in [-0.05, 0) is 62.2 Å². The predicted octanol–water partition coefficient (Wildman–Crippen LogP) is 4.34. The zero-order valence-electron chi connectivity index (χ0n) is 17.0. The SMILES string of the molecule is CCOc1ccc(NC(=O)COC(=O)CCCC(=O)Nc2ccc(C)c(Cl)c2)cc1. The molecule has 0 aliphatic rings. The Kier molecular flexibility index (Phi) is 9.15. The van der Waals surface area contributed by atoms with Gasteiger partial charge in [0, 0.05) is 29.2 Å². The van der Waals surface area contributed by atoms with E-state index >= 15 is 0 Å². The molecular formula is C22H25ClN2O5. The van der Waals surface area contributed by atoms with Crippen LogP contribution in [0.3, 0.4) is 0 Å². The second-order valence-corrected chi connectivity index (χ2v) is 6.94. The number of anilines is 2. The van der Waals surface area contributed by atoms with E-state index < -0.39 is 11.9 Å². The van der Waals surface area contributed by atoms with Crippen molar-refractivity contribution >= 4 is 40.8 Å². The molecule has 7 nitrogen and oxygen atoms in total. The smallest absolute Gasteiger partial charge is 0.306 e. The molecule has 2 N–H and O–H groups in total. The van der Waals surface area contributed by atoms with Crippen molar-refractivity contribution in [1.29, 1.82) is 0 Å². The molecule has 8 heteroatoms. The summed E-state index contributed by atoms with van der Waals surface area (Å²) < 4.78 is 10.3. The normalized spacial score (nSPS) is 10.2. The highest BCUT2D eigenvalue weighted by atomic mass is 35.5. The highest BCUT2D eigenvalue weighted by Gasteiger charge is 2.10. The summed E-state index contributed by atoms with van der Waals surface area (Å²) in [6.45, 7) is 3.93. The number of carbonyl (C=O) groups excluding carboxylic acids is 3. The molecule has 0 unspecified atom stereocenters. The largest absolute Gasteiger partial charge is 0.494 e. The van der Waals surface area contributed by atoms with Crippen molar-refractivity contribution in [3.63, 3.8) is 0 Å². The number of nitrogens with one attached hydrogen (secondary N) is 2. The van der Waals surface area contributed by atoms with Crippen LogP contribution in [0, 0.1) is 6.92 Å². The van der Waals surface area contributed by atoms with Gasteiger partial charge in [-0.3, -0.25) is 14.4 Å². The Labute approximate surface area is 180 Å². The Morgan fingerprint density at radius 1 is 0.933 bits per heavy atom. The summed E-state index contributed by atoms with van der Waals surface area (Å²) in [6.07, 6.45) is 0.502. The summed E-state index contributed by atoms with van der Waals surface area (Å²) in [5.74, 6) is -0.503. The second kappa shape index (κ2) is 11.8. The fourth-order valence-corrected chi connectivity index (χ4v) is 2.68. The highest BCUT2D eigenvalue weighted by Crippen LogP contribution is 2.20. The van der Waals surface area contributed by atoms with Crippen LogP contribution in [-0.4, -0.2) is 31.0 Å². The molecule has 2 aromatic rings. The molecule has 2 aromatic carbocycles. The van der Waals surface area contributed by atoms with E-state index in [0.717, 1.165) is 5.56 Å². The molecule has 0 heterocycles. The van der Waals surface area contributed by atoms with E-state index in [2.05, 4.69) is 10.6 Å². The number of halogens is 1. The third kappa shape index (κ3) is 8.13. The number of ether oxygens (including phenoxy) is 2. The maximum absolute atomic E-state index is 11.9. The number of aryl methyl sites for hydroxylation is 1. The van der Waals surface area contributed by atoms with Crippen LogP contribution < -0.4 is 15.4 Å². The van der Waals surface area contributed by atoms with Crippen molar-refractivity contribution in [2.45, 2.75) is 33.1 Å². The van der Waals surface area contributed by atoms with Gasteiger partial charge in [0.1, 0.15) is 5.75 Å². The lowest BCUT2D eigenvalue weighted by Crippen LogP contribution is -2.21. The van der Waals surface area contributed by atoms with Gasteiger partial charge in [0.05, 0.1) is 6.61 Å². The lowest BCUT2D eigenvalue weighted by Gasteiger charge is -2.08. The van der Waals surface area contributed by atoms with Gasteiger partial charge in [0.2, 0.25) is 5.91 Å². The zero-order chi connectivity index (χ0) is 21.9. The second-order valence-electron chi connectivity index (χ2n) is 6.53. The van der Waals surface area contributed by atoms with Crippen LogP contribution in [0.1, 0.15) is 31.7 Å². The van der Waals surface area contributed by atoms with Gasteiger partial charge in [-0.2, -0.15) is 0 Å². The topological polar surface area (TPSA) is 93.7 Å². The fourth-order valence-electron chi connectivity index (χ4n) is 2.50. The molecular weight excluding hydrogens is 408 g/mol. The molecule has 0 saturated carbocycles. The molecule has 0 bridgehead atoms. The lowest BCUT2D eigenvalue weighted by molar-refractivity contribution is -0.147. The first-order chi connectivity index (χ1) is 14.4. The van der Waals surface area contributed by atoms with Crippen LogP contribution in [0.4, 0.5) is 11.4 Å². The first kappa shape index (κ1) is 23.2. The first-order valence-electron chi connectivity index (χ1n) is 9.61. The number of esters is 1. The van der Waals surface area contributed by atoms with Gasteiger partial charge < -0.3 is 20.1 Å². The summed E-state index contributed by atoms with van der Waals surface area (Å²) in [5.41, 5.74) is 2.10. The van der Waals surface area contributed by atoms with Crippen molar-refractivity contribution < 1.29 is 23.9 Å². The van der Waals surface area contributed by atoms with Gasteiger partial charge >= 0.3 is 5.97 Å². The predicted molar refractivity (Wildman–Crippen MR) is 116 cm³/mol.